The first kappa shape index (κ1) is 23.3. The Balaban J connectivity index is 1.87. The van der Waals surface area contributed by atoms with E-state index in [1.54, 1.807) is 53.4 Å². The van der Waals surface area contributed by atoms with Gasteiger partial charge in [0.25, 0.3) is 0 Å². The van der Waals surface area contributed by atoms with Gasteiger partial charge in [-0.05, 0) is 62.9 Å². The van der Waals surface area contributed by atoms with Crippen molar-refractivity contribution in [2.75, 3.05) is 13.1 Å². The third kappa shape index (κ3) is 6.33. The molecule has 0 aromatic heterocycles. The minimum Gasteiger partial charge on any atom is -0.415 e. The third-order valence-corrected chi connectivity index (χ3v) is 7.55. The molecule has 1 amide bonds. The minimum absolute atomic E-state index is 0.213. The molecule has 2 aromatic rings. The molecule has 1 aliphatic rings. The Bertz CT molecular complexity index is 820. The molecule has 0 spiro atoms. The summed E-state index contributed by atoms with van der Waals surface area (Å²) < 4.78 is 26.2. The average Bonchev–Trinajstić information content (AvgIpc) is 2.80. The number of carbonyl (C=O) groups excluding carboxylic acids is 1. The standard InChI is InChI=1S/C23H32N3O4P/c24-17-9-7-15-21(25)23(27)26-18-10-8-16-22(26)31(28,29-19-11-3-1-4-12-19)30-20-13-5-2-6-14-20/h1-6,11-14,21-22H,7-10,15-18,24-25H2/t21-,22?/m0/s1. The molecule has 0 radical (unpaired) electrons. The number of para-hydroxylation sites is 2. The summed E-state index contributed by atoms with van der Waals surface area (Å²) in [5, 5.41) is 0. The largest absolute Gasteiger partial charge is 0.453 e. The number of amides is 1. The Kier molecular flexibility index (Phi) is 8.52. The summed E-state index contributed by atoms with van der Waals surface area (Å²) in [5.74, 6) is -0.0380. The van der Waals surface area contributed by atoms with Gasteiger partial charge in [-0.2, -0.15) is 0 Å². The van der Waals surface area contributed by atoms with E-state index >= 15 is 0 Å². The van der Waals surface area contributed by atoms with Gasteiger partial charge in [0.05, 0.1) is 6.04 Å². The highest BCUT2D eigenvalue weighted by Gasteiger charge is 2.46. The number of nitrogens with zero attached hydrogens (tertiary/aromatic N) is 1. The summed E-state index contributed by atoms with van der Waals surface area (Å²) in [6.07, 6.45) is 4.32. The maximum Gasteiger partial charge on any atom is 0.453 e. The molecule has 1 fully saturated rings. The Hall–Kier alpha value is -2.34. The second-order valence-corrected chi connectivity index (χ2v) is 9.79. The molecule has 8 heteroatoms. The molecular weight excluding hydrogens is 413 g/mol. The second-order valence-electron chi connectivity index (χ2n) is 7.75. The van der Waals surface area contributed by atoms with Crippen molar-refractivity contribution < 1.29 is 18.4 Å². The summed E-state index contributed by atoms with van der Waals surface area (Å²) in [7, 11) is -3.79. The number of benzene rings is 2. The Morgan fingerprint density at radius 2 is 1.58 bits per heavy atom. The Morgan fingerprint density at radius 3 is 2.13 bits per heavy atom. The van der Waals surface area contributed by atoms with E-state index in [-0.39, 0.29) is 5.91 Å². The predicted octanol–water partition coefficient (Wildman–Crippen LogP) is 4.13. The SMILES string of the molecule is NCCCC[C@H](N)C(=O)N1CCCCC1P(=O)(Oc1ccccc1)Oc1ccccc1. The smallest absolute Gasteiger partial charge is 0.415 e. The van der Waals surface area contributed by atoms with Gasteiger partial charge in [0.2, 0.25) is 5.91 Å². The zero-order chi connectivity index (χ0) is 22.1. The van der Waals surface area contributed by atoms with Crippen LogP contribution >= 0.6 is 7.60 Å². The molecule has 2 aromatic carbocycles. The van der Waals surface area contributed by atoms with Crippen LogP contribution in [0, 0.1) is 0 Å². The fraction of sp³-hybridized carbons (Fsp3) is 0.435. The van der Waals surface area contributed by atoms with Crippen molar-refractivity contribution >= 4 is 13.5 Å². The highest BCUT2D eigenvalue weighted by atomic mass is 31.2. The van der Waals surface area contributed by atoms with E-state index in [9.17, 15) is 9.36 Å². The number of likely N-dealkylation sites (tertiary alicyclic amines) is 1. The molecule has 0 saturated carbocycles. The van der Waals surface area contributed by atoms with Crippen LogP contribution in [-0.4, -0.2) is 35.7 Å². The summed E-state index contributed by atoms with van der Waals surface area (Å²) in [6.45, 7) is 1.05. The van der Waals surface area contributed by atoms with Crippen LogP contribution in [0.15, 0.2) is 60.7 Å². The van der Waals surface area contributed by atoms with Crippen molar-refractivity contribution in [1.29, 1.82) is 0 Å². The molecule has 31 heavy (non-hydrogen) atoms. The number of carbonyl (C=O) groups is 1. The number of rotatable bonds is 10. The Labute approximate surface area is 184 Å². The highest BCUT2D eigenvalue weighted by Crippen LogP contribution is 2.56. The van der Waals surface area contributed by atoms with Gasteiger partial charge >= 0.3 is 7.60 Å². The lowest BCUT2D eigenvalue weighted by atomic mass is 10.1. The fourth-order valence-corrected chi connectivity index (χ4v) is 5.92. The van der Waals surface area contributed by atoms with Gasteiger partial charge in [-0.15, -0.1) is 0 Å². The molecule has 4 N–H and O–H groups in total. The Morgan fingerprint density at radius 1 is 1.00 bits per heavy atom. The molecule has 0 bridgehead atoms. The molecule has 1 saturated heterocycles. The first-order valence-electron chi connectivity index (χ1n) is 10.9. The average molecular weight is 446 g/mol. The van der Waals surface area contributed by atoms with Crippen LogP contribution in [0.25, 0.3) is 0 Å². The van der Waals surface area contributed by atoms with Crippen LogP contribution < -0.4 is 20.5 Å². The summed E-state index contributed by atoms with van der Waals surface area (Å²) >= 11 is 0. The van der Waals surface area contributed by atoms with Crippen LogP contribution in [0.4, 0.5) is 0 Å². The number of hydrogen-bond acceptors (Lipinski definition) is 6. The third-order valence-electron chi connectivity index (χ3n) is 5.36. The number of nitrogens with two attached hydrogens (primary N) is 2. The van der Waals surface area contributed by atoms with Gasteiger partial charge in [0.1, 0.15) is 11.5 Å². The first-order chi connectivity index (χ1) is 15.0. The van der Waals surface area contributed by atoms with Gasteiger partial charge in [-0.1, -0.05) is 42.8 Å². The maximum atomic E-state index is 14.2. The van der Waals surface area contributed by atoms with Crippen molar-refractivity contribution in [3.05, 3.63) is 60.7 Å². The fourth-order valence-electron chi connectivity index (χ4n) is 3.74. The summed E-state index contributed by atoms with van der Waals surface area (Å²) in [4.78, 5) is 14.8. The lowest BCUT2D eigenvalue weighted by Gasteiger charge is -2.39. The van der Waals surface area contributed by atoms with Gasteiger partial charge in [0, 0.05) is 6.54 Å². The second kappa shape index (κ2) is 11.3. The first-order valence-corrected chi connectivity index (χ1v) is 12.5. The van der Waals surface area contributed by atoms with Gasteiger partial charge in [-0.25, -0.2) is 4.57 Å². The van der Waals surface area contributed by atoms with E-state index in [0.29, 0.717) is 37.4 Å². The monoisotopic (exact) mass is 445 g/mol. The maximum absolute atomic E-state index is 14.2. The van der Waals surface area contributed by atoms with Crippen molar-refractivity contribution in [1.82, 2.24) is 4.90 Å². The van der Waals surface area contributed by atoms with Crippen molar-refractivity contribution in [3.63, 3.8) is 0 Å². The van der Waals surface area contributed by atoms with E-state index in [1.807, 2.05) is 12.1 Å². The van der Waals surface area contributed by atoms with Crippen molar-refractivity contribution in [3.8, 4) is 11.5 Å². The van der Waals surface area contributed by atoms with Gasteiger partial charge in [-0.3, -0.25) is 4.79 Å². The van der Waals surface area contributed by atoms with Crippen LogP contribution in [0.3, 0.4) is 0 Å². The molecular formula is C23H32N3O4P. The van der Waals surface area contributed by atoms with E-state index in [1.165, 1.54) is 0 Å². The molecule has 2 atom stereocenters. The zero-order valence-corrected chi connectivity index (χ0v) is 18.7. The quantitative estimate of drug-likeness (QED) is 0.421. The predicted molar refractivity (Wildman–Crippen MR) is 122 cm³/mol. The molecule has 3 rings (SSSR count). The normalized spacial score (nSPS) is 17.7. The van der Waals surface area contributed by atoms with Gasteiger partial charge in [0.15, 0.2) is 5.78 Å². The van der Waals surface area contributed by atoms with E-state index in [4.69, 9.17) is 20.5 Å². The minimum atomic E-state index is -3.79. The number of piperidine rings is 1. The lowest BCUT2D eigenvalue weighted by Crippen LogP contribution is -2.51. The molecule has 1 heterocycles. The topological polar surface area (TPSA) is 108 Å². The van der Waals surface area contributed by atoms with Crippen LogP contribution in [0.2, 0.25) is 0 Å². The molecule has 1 unspecified atom stereocenters. The lowest BCUT2D eigenvalue weighted by molar-refractivity contribution is -0.135. The van der Waals surface area contributed by atoms with E-state index < -0.39 is 19.4 Å². The molecule has 7 nitrogen and oxygen atoms in total. The molecule has 1 aliphatic heterocycles. The number of unbranched alkanes of at least 4 members (excludes halogenated alkanes) is 1. The van der Waals surface area contributed by atoms with Crippen LogP contribution in [-0.2, 0) is 9.36 Å². The van der Waals surface area contributed by atoms with Crippen LogP contribution in [0.1, 0.15) is 38.5 Å². The van der Waals surface area contributed by atoms with Crippen LogP contribution in [0.5, 0.6) is 11.5 Å². The van der Waals surface area contributed by atoms with E-state index in [2.05, 4.69) is 0 Å². The van der Waals surface area contributed by atoms with E-state index in [0.717, 1.165) is 25.7 Å². The molecule has 0 aliphatic carbocycles. The summed E-state index contributed by atoms with van der Waals surface area (Å²) in [6, 6.07) is 17.2. The molecule has 168 valence electrons. The highest BCUT2D eigenvalue weighted by molar-refractivity contribution is 7.55. The number of hydrogen-bond donors (Lipinski definition) is 2. The van der Waals surface area contributed by atoms with Crippen molar-refractivity contribution in [2.45, 2.75) is 50.3 Å². The summed E-state index contributed by atoms with van der Waals surface area (Å²) in [5.41, 5.74) is 11.7. The van der Waals surface area contributed by atoms with Gasteiger partial charge < -0.3 is 25.4 Å². The van der Waals surface area contributed by atoms with Crippen molar-refractivity contribution in [2.24, 2.45) is 11.5 Å². The zero-order valence-electron chi connectivity index (χ0n) is 17.8.